The first-order valence-corrected chi connectivity index (χ1v) is 8.85. The van der Waals surface area contributed by atoms with E-state index in [1.165, 1.54) is 0 Å². The van der Waals surface area contributed by atoms with Crippen molar-refractivity contribution in [3.8, 4) is 0 Å². The molecule has 0 spiro atoms. The lowest BCUT2D eigenvalue weighted by Gasteiger charge is -2.33. The molecule has 3 heterocycles. The number of amides is 1. The Morgan fingerprint density at radius 3 is 2.88 bits per heavy atom. The monoisotopic (exact) mass is 351 g/mol. The summed E-state index contributed by atoms with van der Waals surface area (Å²) < 4.78 is 7.50. The number of carbonyl (C=O) groups is 1. The van der Waals surface area contributed by atoms with Crippen LogP contribution >= 0.6 is 0 Å². The topological polar surface area (TPSA) is 73.1 Å². The van der Waals surface area contributed by atoms with E-state index in [1.54, 1.807) is 6.07 Å². The number of hydrogen-bond donors (Lipinski definition) is 0. The minimum Gasteiger partial charge on any atom is -0.374 e. The predicted octanol–water partition coefficient (Wildman–Crippen LogP) is 2.58. The van der Waals surface area contributed by atoms with Gasteiger partial charge < -0.3 is 14.2 Å². The molecule has 134 valence electrons. The molecule has 0 saturated carbocycles. The van der Waals surface area contributed by atoms with E-state index in [1.807, 2.05) is 49.1 Å². The molecule has 26 heavy (non-hydrogen) atoms. The highest BCUT2D eigenvalue weighted by Crippen LogP contribution is 2.26. The van der Waals surface area contributed by atoms with E-state index in [2.05, 4.69) is 19.7 Å². The van der Waals surface area contributed by atoms with Gasteiger partial charge in [-0.1, -0.05) is 24.3 Å². The third-order valence-electron chi connectivity index (χ3n) is 4.78. The molecule has 7 heteroatoms. The molecule has 0 bridgehead atoms. The number of fused-ring (bicyclic) bond motifs is 2. The Morgan fingerprint density at radius 2 is 2.04 bits per heavy atom. The minimum atomic E-state index is -0.160. The fourth-order valence-electron chi connectivity index (χ4n) is 3.35. The molecule has 0 aliphatic carbocycles. The predicted molar refractivity (Wildman–Crippen MR) is 96.5 cm³/mol. The van der Waals surface area contributed by atoms with Crippen molar-refractivity contribution in [2.24, 2.45) is 0 Å². The molecule has 0 saturated heterocycles. The summed E-state index contributed by atoms with van der Waals surface area (Å²) in [5, 5.41) is 9.54. The van der Waals surface area contributed by atoms with Crippen molar-refractivity contribution in [3.63, 3.8) is 0 Å². The maximum Gasteiger partial charge on any atom is 0.273 e. The fourth-order valence-corrected chi connectivity index (χ4v) is 3.35. The van der Waals surface area contributed by atoms with Crippen LogP contribution < -0.4 is 0 Å². The maximum absolute atomic E-state index is 13.0. The van der Waals surface area contributed by atoms with Gasteiger partial charge in [0.1, 0.15) is 12.3 Å². The molecule has 0 radical (unpaired) electrons. The molecule has 1 aromatic carbocycles. The summed E-state index contributed by atoms with van der Waals surface area (Å²) >= 11 is 0. The van der Waals surface area contributed by atoms with Crippen LogP contribution in [0.3, 0.4) is 0 Å². The normalized spacial score (nSPS) is 16.7. The Morgan fingerprint density at radius 1 is 1.19 bits per heavy atom. The summed E-state index contributed by atoms with van der Waals surface area (Å²) in [6, 6.07) is 11.4. The number of ether oxygens (including phenoxy) is 1. The van der Waals surface area contributed by atoms with E-state index in [-0.39, 0.29) is 11.9 Å². The molecule has 2 aromatic heterocycles. The Bertz CT molecular complexity index is 952. The molecule has 0 fully saturated rings. The van der Waals surface area contributed by atoms with Crippen LogP contribution in [0.1, 0.15) is 42.0 Å². The summed E-state index contributed by atoms with van der Waals surface area (Å²) in [7, 11) is 0. The van der Waals surface area contributed by atoms with Gasteiger partial charge in [0, 0.05) is 25.1 Å². The van der Waals surface area contributed by atoms with Gasteiger partial charge in [0.05, 0.1) is 11.6 Å². The molecule has 4 rings (SSSR count). The quantitative estimate of drug-likeness (QED) is 0.722. The first-order chi connectivity index (χ1) is 12.7. The van der Waals surface area contributed by atoms with Crippen molar-refractivity contribution in [1.29, 1.82) is 0 Å². The van der Waals surface area contributed by atoms with Gasteiger partial charge in [0.15, 0.2) is 11.6 Å². The molecule has 1 atom stereocenters. The molecule has 0 unspecified atom stereocenters. The van der Waals surface area contributed by atoms with Crippen molar-refractivity contribution in [1.82, 2.24) is 24.6 Å². The van der Waals surface area contributed by atoms with Crippen molar-refractivity contribution < 1.29 is 9.53 Å². The average molecular weight is 351 g/mol. The average Bonchev–Trinajstić information content (AvgIpc) is 3.09. The number of para-hydroxylation sites is 1. The second kappa shape index (κ2) is 6.84. The second-order valence-electron chi connectivity index (χ2n) is 6.33. The molecule has 7 nitrogen and oxygen atoms in total. The zero-order valence-electron chi connectivity index (χ0n) is 14.9. The van der Waals surface area contributed by atoms with E-state index in [0.29, 0.717) is 32.0 Å². The number of nitrogens with zero attached hydrogens (tertiary/aromatic N) is 5. The fraction of sp³-hybridized carbons (Fsp3) is 0.368. The van der Waals surface area contributed by atoms with Crippen molar-refractivity contribution in [2.45, 2.75) is 33.0 Å². The lowest BCUT2D eigenvalue weighted by Crippen LogP contribution is -2.41. The van der Waals surface area contributed by atoms with E-state index in [0.717, 1.165) is 22.6 Å². The maximum atomic E-state index is 13.0. The standard InChI is InChI=1S/C19H21N5O2/c1-3-26-12-17-21-22-18-13(2)23(10-11-24(17)18)19(25)16-9-8-14-6-4-5-7-15(14)20-16/h4-9,13H,3,10-12H2,1-2H3/t13-/m1/s1. The van der Waals surface area contributed by atoms with Gasteiger partial charge in [-0.2, -0.15) is 0 Å². The number of benzene rings is 1. The van der Waals surface area contributed by atoms with Crippen LogP contribution in [0, 0.1) is 0 Å². The van der Waals surface area contributed by atoms with Crippen LogP contribution in [0.15, 0.2) is 36.4 Å². The van der Waals surface area contributed by atoms with Gasteiger partial charge in [0.2, 0.25) is 0 Å². The number of carbonyl (C=O) groups excluding carboxylic acids is 1. The van der Waals surface area contributed by atoms with Crippen molar-refractivity contribution >= 4 is 16.8 Å². The summed E-state index contributed by atoms with van der Waals surface area (Å²) in [4.78, 5) is 19.4. The Balaban J connectivity index is 1.59. The van der Waals surface area contributed by atoms with E-state index in [4.69, 9.17) is 4.74 Å². The van der Waals surface area contributed by atoms with E-state index < -0.39 is 0 Å². The van der Waals surface area contributed by atoms with Gasteiger partial charge in [0.25, 0.3) is 5.91 Å². The summed E-state index contributed by atoms with van der Waals surface area (Å²) in [6.45, 7) is 6.26. The van der Waals surface area contributed by atoms with Gasteiger partial charge >= 0.3 is 0 Å². The molecular weight excluding hydrogens is 330 g/mol. The smallest absolute Gasteiger partial charge is 0.273 e. The molecule has 1 amide bonds. The Hall–Kier alpha value is -2.80. The first kappa shape index (κ1) is 16.7. The SMILES string of the molecule is CCOCc1nnc2n1CCN(C(=O)c1ccc3ccccc3n1)[C@@H]2C. The molecular formula is C19H21N5O2. The zero-order chi connectivity index (χ0) is 18.1. The molecule has 1 aliphatic heterocycles. The van der Waals surface area contributed by atoms with Crippen LogP contribution in [-0.2, 0) is 17.9 Å². The highest BCUT2D eigenvalue weighted by atomic mass is 16.5. The first-order valence-electron chi connectivity index (χ1n) is 8.85. The lowest BCUT2D eigenvalue weighted by atomic mass is 10.1. The molecule has 3 aromatic rings. The number of rotatable bonds is 4. The van der Waals surface area contributed by atoms with E-state index in [9.17, 15) is 4.79 Å². The zero-order valence-corrected chi connectivity index (χ0v) is 14.9. The Labute approximate surface area is 151 Å². The highest BCUT2D eigenvalue weighted by molar-refractivity contribution is 5.95. The van der Waals surface area contributed by atoms with Gasteiger partial charge in [-0.25, -0.2) is 4.98 Å². The van der Waals surface area contributed by atoms with Gasteiger partial charge in [-0.05, 0) is 26.0 Å². The third-order valence-corrected chi connectivity index (χ3v) is 4.78. The lowest BCUT2D eigenvalue weighted by molar-refractivity contribution is 0.0624. The number of hydrogen-bond acceptors (Lipinski definition) is 5. The highest BCUT2D eigenvalue weighted by Gasteiger charge is 2.32. The van der Waals surface area contributed by atoms with Crippen LogP contribution in [0.5, 0.6) is 0 Å². The van der Waals surface area contributed by atoms with Gasteiger partial charge in [-0.3, -0.25) is 4.79 Å². The Kier molecular flexibility index (Phi) is 4.38. The summed E-state index contributed by atoms with van der Waals surface area (Å²) in [5.74, 6) is 1.52. The van der Waals surface area contributed by atoms with Crippen LogP contribution in [-0.4, -0.2) is 43.7 Å². The molecule has 0 N–H and O–H groups in total. The van der Waals surface area contributed by atoms with Crippen molar-refractivity contribution in [2.75, 3.05) is 13.2 Å². The molecule has 1 aliphatic rings. The minimum absolute atomic E-state index is 0.0798. The van der Waals surface area contributed by atoms with E-state index >= 15 is 0 Å². The number of pyridine rings is 1. The largest absolute Gasteiger partial charge is 0.374 e. The van der Waals surface area contributed by atoms with Crippen LogP contribution in [0.25, 0.3) is 10.9 Å². The number of aromatic nitrogens is 4. The summed E-state index contributed by atoms with van der Waals surface area (Å²) in [6.07, 6.45) is 0. The second-order valence-corrected chi connectivity index (χ2v) is 6.33. The van der Waals surface area contributed by atoms with Crippen molar-refractivity contribution in [3.05, 3.63) is 53.7 Å². The van der Waals surface area contributed by atoms with Crippen LogP contribution in [0.4, 0.5) is 0 Å². The summed E-state index contributed by atoms with van der Waals surface area (Å²) in [5.41, 5.74) is 1.28. The third kappa shape index (κ3) is 2.84. The van der Waals surface area contributed by atoms with Gasteiger partial charge in [-0.15, -0.1) is 10.2 Å². The van der Waals surface area contributed by atoms with Crippen LogP contribution in [0.2, 0.25) is 0 Å².